The highest BCUT2D eigenvalue weighted by Crippen LogP contribution is 2.20. The molecule has 0 saturated heterocycles. The summed E-state index contributed by atoms with van der Waals surface area (Å²) in [5.74, 6) is 0. The summed E-state index contributed by atoms with van der Waals surface area (Å²) >= 11 is 13.7. The second kappa shape index (κ2) is 7.32. The molecule has 0 fully saturated rings. The third kappa shape index (κ3) is 4.52. The molecule has 0 aromatic carbocycles. The minimum Gasteiger partial charge on any atom is -0.0924 e. The summed E-state index contributed by atoms with van der Waals surface area (Å²) in [5, 5.41) is 2.88. The van der Waals surface area contributed by atoms with Crippen LogP contribution < -0.4 is 0 Å². The Morgan fingerprint density at radius 2 is 1.50 bits per heavy atom. The number of alkyl halides is 3. The Morgan fingerprint density at radius 1 is 1.00 bits per heavy atom. The Balaban J connectivity index is 3.98. The van der Waals surface area contributed by atoms with Gasteiger partial charge in [-0.15, -0.1) is 0 Å². The van der Waals surface area contributed by atoms with Crippen LogP contribution in [0.25, 0.3) is 0 Å². The maximum absolute atomic E-state index is 3.51. The molecule has 0 unspecified atom stereocenters. The van der Waals surface area contributed by atoms with E-state index in [1.807, 2.05) is 0 Å². The van der Waals surface area contributed by atoms with Crippen LogP contribution in [0.5, 0.6) is 0 Å². The highest BCUT2D eigenvalue weighted by Gasteiger charge is 1.99. The van der Waals surface area contributed by atoms with Gasteiger partial charge in [-0.3, -0.25) is 0 Å². The first kappa shape index (κ1) is 11.7. The number of hydrogen-bond donors (Lipinski definition) is 0. The van der Waals surface area contributed by atoms with Gasteiger partial charge >= 0.3 is 0 Å². The van der Waals surface area contributed by atoms with Crippen LogP contribution in [0.2, 0.25) is 0 Å². The summed E-state index contributed by atoms with van der Waals surface area (Å²) in [6, 6.07) is 0. The van der Waals surface area contributed by atoms with Crippen LogP contribution in [0.3, 0.4) is 0 Å². The van der Waals surface area contributed by atoms with E-state index in [2.05, 4.69) is 63.7 Å². The number of hydrogen-bond acceptors (Lipinski definition) is 0. The van der Waals surface area contributed by atoms with E-state index in [1.165, 1.54) is 10.1 Å². The van der Waals surface area contributed by atoms with Gasteiger partial charge in [0.1, 0.15) is 0 Å². The summed E-state index contributed by atoms with van der Waals surface area (Å²) in [5.41, 5.74) is 1.37. The summed E-state index contributed by atoms with van der Waals surface area (Å²) in [6.07, 6.45) is 1.06. The molecule has 0 nitrogen and oxygen atoms in total. The summed E-state index contributed by atoms with van der Waals surface area (Å²) in [7, 11) is 0. The zero-order valence-electron chi connectivity index (χ0n) is 5.34. The molecule has 0 saturated carbocycles. The fraction of sp³-hybridized carbons (Fsp3) is 0.667. The van der Waals surface area contributed by atoms with Gasteiger partial charge in [-0.1, -0.05) is 63.7 Å². The van der Waals surface area contributed by atoms with Gasteiger partial charge in [-0.25, -0.2) is 0 Å². The average molecular weight is 400 g/mol. The van der Waals surface area contributed by atoms with Crippen LogP contribution in [-0.2, 0) is 0 Å². The van der Waals surface area contributed by atoms with Crippen molar-refractivity contribution in [1.29, 1.82) is 0 Å². The van der Waals surface area contributed by atoms with E-state index in [4.69, 9.17) is 0 Å². The molecule has 0 aliphatic heterocycles. The smallest absolute Gasteiger partial charge is 0.0261 e. The number of rotatable bonds is 4. The molecule has 0 radical (unpaired) electrons. The van der Waals surface area contributed by atoms with E-state index in [1.54, 1.807) is 0 Å². The third-order valence-electron chi connectivity index (χ3n) is 1.02. The third-order valence-corrected chi connectivity index (χ3v) is 3.73. The van der Waals surface area contributed by atoms with Crippen molar-refractivity contribution in [3.05, 3.63) is 10.1 Å². The van der Waals surface area contributed by atoms with Crippen molar-refractivity contribution in [3.63, 3.8) is 0 Å². The van der Waals surface area contributed by atoms with Crippen LogP contribution >= 0.6 is 63.7 Å². The van der Waals surface area contributed by atoms with E-state index >= 15 is 0 Å². The molecule has 0 bridgehead atoms. The molecule has 60 valence electrons. The lowest BCUT2D eigenvalue weighted by molar-refractivity contribution is 1.20. The van der Waals surface area contributed by atoms with Gasteiger partial charge in [0.15, 0.2) is 0 Å². The molecule has 0 aliphatic rings. The van der Waals surface area contributed by atoms with E-state index < -0.39 is 0 Å². The standard InChI is InChI=1S/C6H8Br4/c7-2-1-6(10)5(3-8)4-9/h1-4H2. The molecule has 0 atom stereocenters. The van der Waals surface area contributed by atoms with Gasteiger partial charge in [-0.2, -0.15) is 0 Å². The summed E-state index contributed by atoms with van der Waals surface area (Å²) in [6.45, 7) is 0. The lowest BCUT2D eigenvalue weighted by atomic mass is 10.3. The number of halogens is 4. The van der Waals surface area contributed by atoms with E-state index in [0.29, 0.717) is 0 Å². The molecule has 4 heteroatoms. The Bertz CT molecular complexity index is 113. The highest BCUT2D eigenvalue weighted by atomic mass is 79.9. The van der Waals surface area contributed by atoms with Crippen molar-refractivity contribution in [2.75, 3.05) is 16.0 Å². The normalized spacial score (nSPS) is 9.60. The molecule has 0 rings (SSSR count). The molecular weight excluding hydrogens is 392 g/mol. The quantitative estimate of drug-likeness (QED) is 0.621. The molecule has 0 aromatic rings. The molecule has 0 aromatic heterocycles. The predicted molar refractivity (Wildman–Crippen MR) is 62.0 cm³/mol. The Morgan fingerprint density at radius 3 is 1.80 bits per heavy atom. The van der Waals surface area contributed by atoms with Crippen molar-refractivity contribution >= 4 is 63.7 Å². The largest absolute Gasteiger partial charge is 0.0924 e. The first-order chi connectivity index (χ1) is 4.76. The summed E-state index contributed by atoms with van der Waals surface area (Å²) < 4.78 is 1.29. The molecule has 0 amide bonds. The van der Waals surface area contributed by atoms with Crippen LogP contribution in [0.1, 0.15) is 6.42 Å². The van der Waals surface area contributed by atoms with E-state index in [-0.39, 0.29) is 0 Å². The fourth-order valence-corrected chi connectivity index (χ4v) is 4.21. The first-order valence-electron chi connectivity index (χ1n) is 2.80. The van der Waals surface area contributed by atoms with Crippen molar-refractivity contribution < 1.29 is 0 Å². The molecule has 10 heavy (non-hydrogen) atoms. The van der Waals surface area contributed by atoms with Gasteiger partial charge in [0.05, 0.1) is 0 Å². The fourth-order valence-electron chi connectivity index (χ4n) is 0.440. The maximum Gasteiger partial charge on any atom is 0.0261 e. The minimum absolute atomic E-state index is 0.936. The van der Waals surface area contributed by atoms with Gasteiger partial charge in [-0.05, 0) is 16.5 Å². The Kier molecular flexibility index (Phi) is 8.53. The zero-order valence-corrected chi connectivity index (χ0v) is 11.7. The predicted octanol–water partition coefficient (Wildman–Crippen LogP) is 4.21. The van der Waals surface area contributed by atoms with Crippen LogP contribution in [-0.4, -0.2) is 16.0 Å². The van der Waals surface area contributed by atoms with Gasteiger partial charge < -0.3 is 0 Å². The average Bonchev–Trinajstić information content (AvgIpc) is 1.91. The second-order valence-corrected chi connectivity index (χ2v) is 4.59. The van der Waals surface area contributed by atoms with Crippen molar-refractivity contribution in [3.8, 4) is 0 Å². The second-order valence-electron chi connectivity index (χ2n) is 1.71. The van der Waals surface area contributed by atoms with Crippen LogP contribution in [0.4, 0.5) is 0 Å². The summed E-state index contributed by atoms with van der Waals surface area (Å²) in [4.78, 5) is 0. The maximum atomic E-state index is 3.51. The van der Waals surface area contributed by atoms with Gasteiger partial charge in [0.2, 0.25) is 0 Å². The molecule has 0 spiro atoms. The molecule has 0 heterocycles. The number of allylic oxidation sites excluding steroid dienone is 2. The zero-order chi connectivity index (χ0) is 7.98. The van der Waals surface area contributed by atoms with Crippen molar-refractivity contribution in [1.82, 2.24) is 0 Å². The lowest BCUT2D eigenvalue weighted by Crippen LogP contribution is -1.90. The van der Waals surface area contributed by atoms with E-state index in [0.717, 1.165) is 22.4 Å². The molecule has 0 N–H and O–H groups in total. The Labute approximate surface area is 95.3 Å². The SMILES string of the molecule is BrCCC(Br)=C(CBr)CBr. The van der Waals surface area contributed by atoms with Crippen molar-refractivity contribution in [2.45, 2.75) is 6.42 Å². The van der Waals surface area contributed by atoms with Crippen LogP contribution in [0, 0.1) is 0 Å². The Hall–Kier alpha value is 1.66. The minimum atomic E-state index is 0.936. The highest BCUT2D eigenvalue weighted by molar-refractivity contribution is 9.12. The van der Waals surface area contributed by atoms with Crippen LogP contribution in [0.15, 0.2) is 10.1 Å². The van der Waals surface area contributed by atoms with Crippen molar-refractivity contribution in [2.24, 2.45) is 0 Å². The molecular formula is C6H8Br4. The van der Waals surface area contributed by atoms with E-state index in [9.17, 15) is 0 Å². The first-order valence-corrected chi connectivity index (χ1v) is 6.96. The van der Waals surface area contributed by atoms with Gasteiger partial charge in [0.25, 0.3) is 0 Å². The molecule has 0 aliphatic carbocycles. The lowest BCUT2D eigenvalue weighted by Gasteiger charge is -2.01. The van der Waals surface area contributed by atoms with Gasteiger partial charge in [0, 0.05) is 16.0 Å². The topological polar surface area (TPSA) is 0 Å². The monoisotopic (exact) mass is 396 g/mol.